The average molecular weight is 573 g/mol. The summed E-state index contributed by atoms with van der Waals surface area (Å²) < 4.78 is 7.16. The fourth-order valence-corrected chi connectivity index (χ4v) is 8.04. The van der Waals surface area contributed by atoms with E-state index in [1.165, 1.54) is 65.3 Å². The Kier molecular flexibility index (Phi) is 4.29. The lowest BCUT2D eigenvalue weighted by molar-refractivity contribution is 1.11. The van der Waals surface area contributed by atoms with Crippen LogP contribution in [0.4, 0.5) is 0 Å². The van der Waals surface area contributed by atoms with Crippen molar-refractivity contribution in [2.45, 2.75) is 0 Å². The molecule has 0 spiro atoms. The van der Waals surface area contributed by atoms with Gasteiger partial charge in [0, 0.05) is 48.8 Å². The summed E-state index contributed by atoms with van der Waals surface area (Å²) in [5, 5.41) is 10.1. The molecule has 0 aliphatic rings. The number of fused-ring (bicyclic) bond motifs is 13. The largest absolute Gasteiger partial charge is 0.308 e. The molecule has 0 unspecified atom stereocenters. The topological polar surface area (TPSA) is 27.2 Å². The van der Waals surface area contributed by atoms with Crippen LogP contribution >= 0.6 is 0 Å². The van der Waals surface area contributed by atoms with E-state index in [9.17, 15) is 0 Å². The van der Waals surface area contributed by atoms with Crippen molar-refractivity contribution in [1.82, 2.24) is 18.5 Å². The van der Waals surface area contributed by atoms with Crippen LogP contribution in [0, 0.1) is 0 Å². The lowest BCUT2D eigenvalue weighted by Gasteiger charge is -2.10. The lowest BCUT2D eigenvalue weighted by atomic mass is 10.0. The number of nitrogens with zero attached hydrogens (tertiary/aromatic N) is 4. The average Bonchev–Trinajstić information content (AvgIpc) is 3.82. The second kappa shape index (κ2) is 8.28. The molecule has 0 saturated carbocycles. The van der Waals surface area contributed by atoms with Gasteiger partial charge in [0.25, 0.3) is 0 Å². The van der Waals surface area contributed by atoms with Crippen molar-refractivity contribution < 1.29 is 0 Å². The maximum atomic E-state index is 5.19. The molecule has 0 atom stereocenters. The van der Waals surface area contributed by atoms with Crippen molar-refractivity contribution in [1.29, 1.82) is 0 Å². The van der Waals surface area contributed by atoms with Crippen LogP contribution in [0.15, 0.2) is 146 Å². The molecule has 45 heavy (non-hydrogen) atoms. The number of rotatable bonds is 2. The van der Waals surface area contributed by atoms with E-state index < -0.39 is 0 Å². The van der Waals surface area contributed by atoms with Crippen LogP contribution in [0.3, 0.4) is 0 Å². The van der Waals surface area contributed by atoms with Crippen molar-refractivity contribution in [3.8, 4) is 11.4 Å². The van der Waals surface area contributed by atoms with Gasteiger partial charge in [-0.25, -0.2) is 4.98 Å². The molecule has 208 valence electrons. The van der Waals surface area contributed by atoms with Gasteiger partial charge in [-0.1, -0.05) is 91.0 Å². The van der Waals surface area contributed by atoms with E-state index in [1.807, 2.05) is 6.20 Å². The molecule has 0 saturated heterocycles. The molecule has 4 nitrogen and oxygen atoms in total. The Morgan fingerprint density at radius 1 is 0.378 bits per heavy atom. The Hall–Kier alpha value is -6.13. The van der Waals surface area contributed by atoms with Crippen LogP contribution in [-0.4, -0.2) is 18.5 Å². The Labute approximate surface area is 256 Å². The van der Waals surface area contributed by atoms with Crippen molar-refractivity contribution in [3.63, 3.8) is 0 Å². The minimum Gasteiger partial charge on any atom is -0.308 e. The summed E-state index contributed by atoms with van der Waals surface area (Å²) in [6.07, 6.45) is 2.05. The van der Waals surface area contributed by atoms with Gasteiger partial charge in [-0.15, -0.1) is 0 Å². The molecular weight excluding hydrogens is 548 g/mol. The van der Waals surface area contributed by atoms with E-state index in [2.05, 4.69) is 153 Å². The highest BCUT2D eigenvalue weighted by molar-refractivity contribution is 6.35. The maximum absolute atomic E-state index is 5.19. The Bertz CT molecular complexity index is 2970. The molecule has 0 amide bonds. The van der Waals surface area contributed by atoms with Crippen molar-refractivity contribution in [2.75, 3.05) is 0 Å². The van der Waals surface area contributed by atoms with Gasteiger partial charge in [0.2, 0.25) is 0 Å². The maximum Gasteiger partial charge on any atom is 0.145 e. The third kappa shape index (κ3) is 2.84. The van der Waals surface area contributed by atoms with Gasteiger partial charge in [0.15, 0.2) is 0 Å². The van der Waals surface area contributed by atoms with Crippen LogP contribution in [0.2, 0.25) is 0 Å². The van der Waals surface area contributed by atoms with Crippen molar-refractivity contribution in [2.24, 2.45) is 0 Å². The first-order valence-corrected chi connectivity index (χ1v) is 15.4. The van der Waals surface area contributed by atoms with E-state index in [1.54, 1.807) is 0 Å². The third-order valence-electron chi connectivity index (χ3n) is 9.78. The lowest BCUT2D eigenvalue weighted by Crippen LogP contribution is -1.98. The van der Waals surface area contributed by atoms with E-state index in [0.717, 1.165) is 27.9 Å². The predicted octanol–water partition coefficient (Wildman–Crippen LogP) is 10.4. The smallest absolute Gasteiger partial charge is 0.145 e. The number of para-hydroxylation sites is 5. The summed E-state index contributed by atoms with van der Waals surface area (Å²) in [6.45, 7) is 0. The number of pyridine rings is 1. The summed E-state index contributed by atoms with van der Waals surface area (Å²) in [5.74, 6) is 0. The minimum absolute atomic E-state index is 0.963. The zero-order valence-corrected chi connectivity index (χ0v) is 24.1. The summed E-state index contributed by atoms with van der Waals surface area (Å²) in [6, 6.07) is 50.4. The number of aromatic nitrogens is 4. The van der Waals surface area contributed by atoms with E-state index in [-0.39, 0.29) is 0 Å². The normalized spacial score (nSPS) is 12.4. The summed E-state index contributed by atoms with van der Waals surface area (Å²) >= 11 is 0. The molecular formula is C41H24N4. The first-order valence-electron chi connectivity index (χ1n) is 15.4. The molecule has 5 aromatic heterocycles. The van der Waals surface area contributed by atoms with E-state index in [4.69, 9.17) is 4.98 Å². The Balaban J connectivity index is 1.33. The van der Waals surface area contributed by atoms with Gasteiger partial charge in [-0.3, -0.25) is 4.57 Å². The molecule has 11 aromatic rings. The fourth-order valence-electron chi connectivity index (χ4n) is 8.04. The molecule has 11 rings (SSSR count). The van der Waals surface area contributed by atoms with Gasteiger partial charge in [-0.2, -0.15) is 0 Å². The van der Waals surface area contributed by atoms with Crippen LogP contribution in [0.5, 0.6) is 0 Å². The number of hydrogen-bond acceptors (Lipinski definition) is 1. The summed E-state index contributed by atoms with van der Waals surface area (Å²) in [4.78, 5) is 5.19. The van der Waals surface area contributed by atoms with Crippen molar-refractivity contribution >= 4 is 81.8 Å². The van der Waals surface area contributed by atoms with Crippen LogP contribution in [-0.2, 0) is 0 Å². The highest BCUT2D eigenvalue weighted by Gasteiger charge is 2.24. The second-order valence-electron chi connectivity index (χ2n) is 12.0. The monoisotopic (exact) mass is 572 g/mol. The molecule has 0 aliphatic heterocycles. The molecule has 0 N–H and O–H groups in total. The van der Waals surface area contributed by atoms with Gasteiger partial charge in [0.1, 0.15) is 5.65 Å². The molecule has 6 aromatic carbocycles. The summed E-state index contributed by atoms with van der Waals surface area (Å²) in [5.41, 5.74) is 10.5. The van der Waals surface area contributed by atoms with E-state index >= 15 is 0 Å². The predicted molar refractivity (Wildman–Crippen MR) is 188 cm³/mol. The highest BCUT2D eigenvalue weighted by atomic mass is 15.1. The first-order chi connectivity index (χ1) is 22.4. The van der Waals surface area contributed by atoms with Crippen LogP contribution < -0.4 is 0 Å². The van der Waals surface area contributed by atoms with Gasteiger partial charge < -0.3 is 8.97 Å². The first kappa shape index (κ1) is 23.3. The van der Waals surface area contributed by atoms with Crippen LogP contribution in [0.1, 0.15) is 0 Å². The minimum atomic E-state index is 0.963. The molecule has 0 bridgehead atoms. The number of hydrogen-bond donors (Lipinski definition) is 0. The zero-order chi connectivity index (χ0) is 29.2. The molecule has 0 aliphatic carbocycles. The van der Waals surface area contributed by atoms with Gasteiger partial charge >= 0.3 is 0 Å². The van der Waals surface area contributed by atoms with Crippen LogP contribution in [0.25, 0.3) is 93.2 Å². The third-order valence-corrected chi connectivity index (χ3v) is 9.78. The Morgan fingerprint density at radius 2 is 0.933 bits per heavy atom. The molecule has 5 heterocycles. The Morgan fingerprint density at radius 3 is 1.67 bits per heavy atom. The van der Waals surface area contributed by atoms with E-state index in [0.29, 0.717) is 0 Å². The quantitative estimate of drug-likeness (QED) is 0.202. The molecule has 0 fully saturated rings. The summed E-state index contributed by atoms with van der Waals surface area (Å²) in [7, 11) is 0. The van der Waals surface area contributed by atoms with Gasteiger partial charge in [-0.05, 0) is 48.5 Å². The number of benzene rings is 6. The molecule has 4 heteroatoms. The fraction of sp³-hybridized carbons (Fsp3) is 0. The highest BCUT2D eigenvalue weighted by Crippen LogP contribution is 2.46. The SMILES string of the molecule is c1ccc(-n2c3ccccc3c3cc(-n4c5ccccc5c5c6c7ccccc7n7c8ccccc8c(cc54)c67)cnc32)cc1. The molecule has 0 radical (unpaired) electrons. The van der Waals surface area contributed by atoms with Crippen molar-refractivity contribution in [3.05, 3.63) is 146 Å². The van der Waals surface area contributed by atoms with Gasteiger partial charge in [0.05, 0.1) is 45.0 Å². The second-order valence-corrected chi connectivity index (χ2v) is 12.0. The zero-order valence-electron chi connectivity index (χ0n) is 24.1. The standard InChI is InChI=1S/C41H24N4/c1-2-12-25(13-3-1)44-33-18-8-5-15-28(33)32-22-26(24-42-41(32)44)43-35-20-10-6-16-29(35)38-37(43)23-31-27-14-4-9-19-34(27)45-36-21-11-7-17-30(36)39(38)40(31)45/h1-24H.